The maximum Gasteiger partial charge on any atom is 0.338 e. The van der Waals surface area contributed by atoms with E-state index in [0.29, 0.717) is 10.6 Å². The quantitative estimate of drug-likeness (QED) is 0.747. The molecular formula is C15H11Cl2FO2. The van der Waals surface area contributed by atoms with Crippen molar-refractivity contribution in [2.24, 2.45) is 0 Å². The van der Waals surface area contributed by atoms with Crippen LogP contribution in [0, 0.1) is 5.82 Å². The Bertz CT molecular complexity index is 656. The lowest BCUT2D eigenvalue weighted by Crippen LogP contribution is -2.05. The van der Waals surface area contributed by atoms with Crippen molar-refractivity contribution in [1.29, 1.82) is 0 Å². The Labute approximate surface area is 126 Å². The van der Waals surface area contributed by atoms with E-state index >= 15 is 0 Å². The summed E-state index contributed by atoms with van der Waals surface area (Å²) in [6.07, 6.45) is 0. The molecule has 0 N–H and O–H groups in total. The molecule has 0 amide bonds. The van der Waals surface area contributed by atoms with Gasteiger partial charge in [-0.2, -0.15) is 0 Å². The molecule has 2 nitrogen and oxygen atoms in total. The van der Waals surface area contributed by atoms with Crippen molar-refractivity contribution in [1.82, 2.24) is 0 Å². The Morgan fingerprint density at radius 2 is 1.95 bits per heavy atom. The van der Waals surface area contributed by atoms with E-state index in [1.807, 2.05) is 0 Å². The summed E-state index contributed by atoms with van der Waals surface area (Å²) in [7, 11) is 0. The van der Waals surface area contributed by atoms with Crippen molar-refractivity contribution < 1.29 is 13.9 Å². The number of benzene rings is 2. The van der Waals surface area contributed by atoms with E-state index in [4.69, 9.17) is 27.9 Å². The van der Waals surface area contributed by atoms with Crippen LogP contribution >= 0.6 is 23.2 Å². The summed E-state index contributed by atoms with van der Waals surface area (Å²) in [5.41, 5.74) is 0.920. The fourth-order valence-corrected chi connectivity index (χ4v) is 2.19. The van der Waals surface area contributed by atoms with Crippen molar-refractivity contribution in [3.8, 4) is 11.1 Å². The molecule has 0 saturated carbocycles. The van der Waals surface area contributed by atoms with Gasteiger partial charge in [0, 0.05) is 11.1 Å². The van der Waals surface area contributed by atoms with Gasteiger partial charge in [0.05, 0.1) is 22.2 Å². The lowest BCUT2D eigenvalue weighted by Gasteiger charge is -2.09. The van der Waals surface area contributed by atoms with Crippen LogP contribution in [0.3, 0.4) is 0 Å². The second-order valence-corrected chi connectivity index (χ2v) is 4.80. The minimum absolute atomic E-state index is 0.159. The molecule has 2 rings (SSSR count). The molecular weight excluding hydrogens is 302 g/mol. The number of hydrogen-bond acceptors (Lipinski definition) is 2. The van der Waals surface area contributed by atoms with E-state index in [-0.39, 0.29) is 22.8 Å². The first-order valence-corrected chi connectivity index (χ1v) is 6.71. The Morgan fingerprint density at radius 3 is 2.60 bits per heavy atom. The smallest absolute Gasteiger partial charge is 0.338 e. The first kappa shape index (κ1) is 14.8. The number of ether oxygens (including phenoxy) is 1. The Kier molecular flexibility index (Phi) is 4.63. The number of esters is 1. The van der Waals surface area contributed by atoms with Crippen LogP contribution in [0.2, 0.25) is 10.0 Å². The largest absolute Gasteiger partial charge is 0.462 e. The summed E-state index contributed by atoms with van der Waals surface area (Å²) in [6.45, 7) is 1.93. The number of halogens is 3. The minimum Gasteiger partial charge on any atom is -0.462 e. The maximum atomic E-state index is 14.1. The Morgan fingerprint density at radius 1 is 1.20 bits per heavy atom. The molecule has 2 aromatic carbocycles. The molecule has 0 saturated heterocycles. The fraction of sp³-hybridized carbons (Fsp3) is 0.133. The predicted octanol–water partition coefficient (Wildman–Crippen LogP) is 4.98. The average molecular weight is 313 g/mol. The number of rotatable bonds is 3. The molecule has 0 aromatic heterocycles. The van der Waals surface area contributed by atoms with Crippen molar-refractivity contribution in [2.45, 2.75) is 6.92 Å². The summed E-state index contributed by atoms with van der Waals surface area (Å²) in [4.78, 5) is 11.5. The lowest BCUT2D eigenvalue weighted by atomic mass is 10.0. The lowest BCUT2D eigenvalue weighted by molar-refractivity contribution is 0.0526. The van der Waals surface area contributed by atoms with Crippen molar-refractivity contribution >= 4 is 29.2 Å². The highest BCUT2D eigenvalue weighted by molar-refractivity contribution is 6.43. The van der Waals surface area contributed by atoms with Crippen LogP contribution < -0.4 is 0 Å². The molecule has 0 heterocycles. The van der Waals surface area contributed by atoms with Gasteiger partial charge in [0.25, 0.3) is 0 Å². The van der Waals surface area contributed by atoms with E-state index in [1.165, 1.54) is 12.1 Å². The highest BCUT2D eigenvalue weighted by Crippen LogP contribution is 2.34. The highest BCUT2D eigenvalue weighted by atomic mass is 35.5. The third-order valence-electron chi connectivity index (χ3n) is 2.72. The van der Waals surface area contributed by atoms with E-state index in [1.54, 1.807) is 25.1 Å². The summed E-state index contributed by atoms with van der Waals surface area (Å²) >= 11 is 12.0. The molecule has 104 valence electrons. The first-order chi connectivity index (χ1) is 9.54. The summed E-state index contributed by atoms with van der Waals surface area (Å²) in [5.74, 6) is -1.12. The maximum absolute atomic E-state index is 14.1. The molecule has 0 aliphatic heterocycles. The molecule has 2 aromatic rings. The number of carbonyl (C=O) groups is 1. The summed E-state index contributed by atoms with van der Waals surface area (Å²) in [5, 5.41) is 0.620. The molecule has 5 heteroatoms. The second-order valence-electron chi connectivity index (χ2n) is 4.02. The van der Waals surface area contributed by atoms with E-state index in [9.17, 15) is 9.18 Å². The molecule has 0 fully saturated rings. The van der Waals surface area contributed by atoms with Gasteiger partial charge in [-0.1, -0.05) is 41.4 Å². The summed E-state index contributed by atoms with van der Waals surface area (Å²) < 4.78 is 19.0. The van der Waals surface area contributed by atoms with Crippen LogP contribution in [-0.4, -0.2) is 12.6 Å². The molecule has 0 radical (unpaired) electrons. The minimum atomic E-state index is -0.560. The Balaban J connectivity index is 2.44. The third-order valence-corrected chi connectivity index (χ3v) is 3.54. The van der Waals surface area contributed by atoms with Gasteiger partial charge in [0.2, 0.25) is 0 Å². The van der Waals surface area contributed by atoms with Crippen LogP contribution in [0.1, 0.15) is 17.3 Å². The van der Waals surface area contributed by atoms with Gasteiger partial charge < -0.3 is 4.74 Å². The van der Waals surface area contributed by atoms with E-state index < -0.39 is 11.8 Å². The SMILES string of the molecule is CCOC(=O)c1ccc(-c2cccc(Cl)c2Cl)c(F)c1. The fourth-order valence-electron chi connectivity index (χ4n) is 1.79. The zero-order valence-corrected chi connectivity index (χ0v) is 12.1. The second kappa shape index (κ2) is 6.25. The first-order valence-electron chi connectivity index (χ1n) is 5.95. The predicted molar refractivity (Wildman–Crippen MR) is 77.8 cm³/mol. The third kappa shape index (κ3) is 2.94. The molecule has 0 unspecified atom stereocenters. The van der Waals surface area contributed by atoms with Crippen molar-refractivity contribution in [3.63, 3.8) is 0 Å². The van der Waals surface area contributed by atoms with Crippen molar-refractivity contribution in [2.75, 3.05) is 6.61 Å². The number of carbonyl (C=O) groups excluding carboxylic acids is 1. The Hall–Kier alpha value is -1.58. The van der Waals surface area contributed by atoms with E-state index in [0.717, 1.165) is 6.07 Å². The van der Waals surface area contributed by atoms with Crippen LogP contribution in [0.15, 0.2) is 36.4 Å². The van der Waals surface area contributed by atoms with Crippen LogP contribution in [-0.2, 0) is 4.74 Å². The van der Waals surface area contributed by atoms with Crippen LogP contribution in [0.4, 0.5) is 4.39 Å². The monoisotopic (exact) mass is 312 g/mol. The standard InChI is InChI=1S/C15H11Cl2FO2/c1-2-20-15(19)9-6-7-10(13(18)8-9)11-4-3-5-12(16)14(11)17/h3-8H,2H2,1H3. The van der Waals surface area contributed by atoms with E-state index in [2.05, 4.69) is 0 Å². The molecule has 0 bridgehead atoms. The van der Waals surface area contributed by atoms with Gasteiger partial charge in [0.15, 0.2) is 0 Å². The van der Waals surface area contributed by atoms with Gasteiger partial charge in [-0.15, -0.1) is 0 Å². The van der Waals surface area contributed by atoms with Gasteiger partial charge >= 0.3 is 5.97 Å². The zero-order chi connectivity index (χ0) is 14.7. The topological polar surface area (TPSA) is 26.3 Å². The van der Waals surface area contributed by atoms with Gasteiger partial charge in [-0.3, -0.25) is 0 Å². The average Bonchev–Trinajstić information content (AvgIpc) is 2.42. The van der Waals surface area contributed by atoms with Gasteiger partial charge in [0.1, 0.15) is 5.82 Å². The normalized spacial score (nSPS) is 10.4. The molecule has 0 aliphatic carbocycles. The summed E-state index contributed by atoms with van der Waals surface area (Å²) in [6, 6.07) is 9.08. The van der Waals surface area contributed by atoms with Crippen LogP contribution in [0.25, 0.3) is 11.1 Å². The van der Waals surface area contributed by atoms with Crippen LogP contribution in [0.5, 0.6) is 0 Å². The van der Waals surface area contributed by atoms with Gasteiger partial charge in [-0.05, 0) is 25.1 Å². The van der Waals surface area contributed by atoms with Crippen molar-refractivity contribution in [3.05, 3.63) is 57.8 Å². The molecule has 20 heavy (non-hydrogen) atoms. The number of hydrogen-bond donors (Lipinski definition) is 0. The molecule has 0 aliphatic rings. The highest BCUT2D eigenvalue weighted by Gasteiger charge is 2.14. The van der Waals surface area contributed by atoms with Gasteiger partial charge in [-0.25, -0.2) is 9.18 Å². The molecule has 0 spiro atoms. The zero-order valence-electron chi connectivity index (χ0n) is 10.6. The molecule has 0 atom stereocenters.